The van der Waals surface area contributed by atoms with Crippen LogP contribution < -0.4 is 5.32 Å². The van der Waals surface area contributed by atoms with Gasteiger partial charge in [-0.3, -0.25) is 0 Å². The van der Waals surface area contributed by atoms with Crippen LogP contribution in [0.1, 0.15) is 31.2 Å². The van der Waals surface area contributed by atoms with E-state index in [1.807, 2.05) is 7.05 Å². The third-order valence-corrected chi connectivity index (χ3v) is 3.78. The summed E-state index contributed by atoms with van der Waals surface area (Å²) in [5.41, 5.74) is 1.14. The van der Waals surface area contributed by atoms with Crippen LogP contribution in [-0.4, -0.2) is 13.6 Å². The summed E-state index contributed by atoms with van der Waals surface area (Å²) in [7, 11) is 1.95. The molecule has 1 N–H and O–H groups in total. The van der Waals surface area contributed by atoms with Gasteiger partial charge in [0.05, 0.1) is 0 Å². The van der Waals surface area contributed by atoms with Crippen LogP contribution >= 0.6 is 0 Å². The van der Waals surface area contributed by atoms with E-state index in [1.54, 1.807) is 6.07 Å². The first kappa shape index (κ1) is 12.5. The van der Waals surface area contributed by atoms with E-state index in [9.17, 15) is 8.78 Å². The molecule has 1 aliphatic carbocycles. The summed E-state index contributed by atoms with van der Waals surface area (Å²) >= 11 is 0. The predicted octanol–water partition coefficient (Wildman–Crippen LogP) is 3.29. The maximum absolute atomic E-state index is 13.2. The Morgan fingerprint density at radius 1 is 1.18 bits per heavy atom. The quantitative estimate of drug-likeness (QED) is 0.850. The number of hydrogen-bond acceptors (Lipinski definition) is 1. The molecule has 1 aromatic carbocycles. The zero-order valence-electron chi connectivity index (χ0n) is 10.2. The van der Waals surface area contributed by atoms with Gasteiger partial charge in [0.2, 0.25) is 0 Å². The summed E-state index contributed by atoms with van der Waals surface area (Å²) in [6.07, 6.45) is 5.67. The van der Waals surface area contributed by atoms with Crippen molar-refractivity contribution < 1.29 is 8.78 Å². The van der Waals surface area contributed by atoms with E-state index < -0.39 is 11.6 Å². The van der Waals surface area contributed by atoms with Crippen molar-refractivity contribution in [2.75, 3.05) is 13.6 Å². The number of rotatable bonds is 4. The molecule has 2 rings (SSSR count). The Balaban J connectivity index is 2.14. The van der Waals surface area contributed by atoms with Gasteiger partial charge < -0.3 is 5.32 Å². The summed E-state index contributed by atoms with van der Waals surface area (Å²) in [5.74, 6) is -1.50. The monoisotopic (exact) mass is 239 g/mol. The highest BCUT2D eigenvalue weighted by Crippen LogP contribution is 2.40. The maximum atomic E-state index is 13.2. The largest absolute Gasteiger partial charge is 0.319 e. The van der Waals surface area contributed by atoms with E-state index in [0.29, 0.717) is 0 Å². The van der Waals surface area contributed by atoms with Gasteiger partial charge in [0.15, 0.2) is 11.6 Å². The molecule has 0 atom stereocenters. The molecule has 1 aromatic rings. The molecule has 0 radical (unpaired) electrons. The average molecular weight is 239 g/mol. The van der Waals surface area contributed by atoms with E-state index in [4.69, 9.17) is 0 Å². The van der Waals surface area contributed by atoms with Gasteiger partial charge in [-0.2, -0.15) is 0 Å². The molecule has 0 saturated heterocycles. The Hall–Kier alpha value is -0.960. The number of benzene rings is 1. The summed E-state index contributed by atoms with van der Waals surface area (Å²) in [5, 5.41) is 3.23. The molecule has 0 amide bonds. The van der Waals surface area contributed by atoms with Gasteiger partial charge in [-0.25, -0.2) is 8.78 Å². The number of hydrogen-bond donors (Lipinski definition) is 1. The van der Waals surface area contributed by atoms with Crippen LogP contribution in [-0.2, 0) is 6.42 Å². The van der Waals surface area contributed by atoms with Gasteiger partial charge in [0.25, 0.3) is 0 Å². The van der Waals surface area contributed by atoms with E-state index in [2.05, 4.69) is 5.32 Å². The molecular formula is C14H19F2N. The second kappa shape index (κ2) is 5.13. The minimum atomic E-state index is -0.761. The zero-order valence-corrected chi connectivity index (χ0v) is 10.2. The highest BCUT2D eigenvalue weighted by Gasteiger charge is 2.33. The lowest BCUT2D eigenvalue weighted by Gasteiger charge is -2.29. The molecule has 1 saturated carbocycles. The van der Waals surface area contributed by atoms with E-state index in [1.165, 1.54) is 37.8 Å². The molecule has 0 aromatic heterocycles. The second-order valence-corrected chi connectivity index (χ2v) is 5.16. The van der Waals surface area contributed by atoms with E-state index >= 15 is 0 Å². The van der Waals surface area contributed by atoms with Crippen LogP contribution in [0.3, 0.4) is 0 Å². The van der Waals surface area contributed by atoms with Crippen molar-refractivity contribution in [2.24, 2.45) is 5.41 Å². The third-order valence-electron chi connectivity index (χ3n) is 3.78. The third kappa shape index (κ3) is 2.83. The molecule has 0 heterocycles. The first-order valence-corrected chi connectivity index (χ1v) is 6.24. The molecule has 3 heteroatoms. The molecule has 0 bridgehead atoms. The molecule has 1 fully saturated rings. The van der Waals surface area contributed by atoms with Crippen molar-refractivity contribution in [2.45, 2.75) is 32.1 Å². The second-order valence-electron chi connectivity index (χ2n) is 5.16. The summed E-state index contributed by atoms with van der Waals surface area (Å²) in [6, 6.07) is 4.27. The Morgan fingerprint density at radius 2 is 1.88 bits per heavy atom. The van der Waals surface area contributed by atoms with Gasteiger partial charge in [0.1, 0.15) is 0 Å². The Morgan fingerprint density at radius 3 is 2.47 bits per heavy atom. The lowest BCUT2D eigenvalue weighted by atomic mass is 9.80. The smallest absolute Gasteiger partial charge is 0.159 e. The first-order chi connectivity index (χ1) is 8.15. The van der Waals surface area contributed by atoms with Crippen LogP contribution in [0.15, 0.2) is 18.2 Å². The average Bonchev–Trinajstić information content (AvgIpc) is 2.73. The number of nitrogens with one attached hydrogen (secondary N) is 1. The van der Waals surface area contributed by atoms with Crippen molar-refractivity contribution in [1.82, 2.24) is 5.32 Å². The van der Waals surface area contributed by atoms with Gasteiger partial charge in [0, 0.05) is 6.54 Å². The maximum Gasteiger partial charge on any atom is 0.159 e. The molecule has 1 nitrogen and oxygen atoms in total. The van der Waals surface area contributed by atoms with Crippen LogP contribution in [0.25, 0.3) is 0 Å². The van der Waals surface area contributed by atoms with E-state index in [0.717, 1.165) is 18.5 Å². The Labute approximate surface area is 101 Å². The van der Waals surface area contributed by atoms with Crippen molar-refractivity contribution in [3.8, 4) is 0 Å². The van der Waals surface area contributed by atoms with Crippen LogP contribution in [0.5, 0.6) is 0 Å². The highest BCUT2D eigenvalue weighted by atomic mass is 19.2. The van der Waals surface area contributed by atoms with Gasteiger partial charge in [-0.15, -0.1) is 0 Å². The van der Waals surface area contributed by atoms with Gasteiger partial charge in [-0.1, -0.05) is 18.9 Å². The fourth-order valence-corrected chi connectivity index (χ4v) is 3.00. The lowest BCUT2D eigenvalue weighted by molar-refractivity contribution is 0.285. The molecule has 1 aliphatic rings. The first-order valence-electron chi connectivity index (χ1n) is 6.24. The minimum absolute atomic E-state index is 0.235. The molecule has 0 spiro atoms. The predicted molar refractivity (Wildman–Crippen MR) is 64.9 cm³/mol. The molecule has 0 aliphatic heterocycles. The van der Waals surface area contributed by atoms with Crippen molar-refractivity contribution >= 4 is 0 Å². The van der Waals surface area contributed by atoms with Gasteiger partial charge >= 0.3 is 0 Å². The Kier molecular flexibility index (Phi) is 3.77. The topological polar surface area (TPSA) is 12.0 Å². The molecule has 17 heavy (non-hydrogen) atoms. The van der Waals surface area contributed by atoms with Gasteiger partial charge in [-0.05, 0) is 49.4 Å². The zero-order chi connectivity index (χ0) is 12.3. The molecule has 94 valence electrons. The fourth-order valence-electron chi connectivity index (χ4n) is 3.00. The molecular weight excluding hydrogens is 220 g/mol. The van der Waals surface area contributed by atoms with Crippen molar-refractivity contribution in [1.29, 1.82) is 0 Å². The summed E-state index contributed by atoms with van der Waals surface area (Å²) in [4.78, 5) is 0. The Bertz CT molecular complexity index is 384. The minimum Gasteiger partial charge on any atom is -0.319 e. The SMILES string of the molecule is CNCC1(Cc2ccc(F)c(F)c2)CCCC1. The summed E-state index contributed by atoms with van der Waals surface area (Å²) < 4.78 is 26.0. The highest BCUT2D eigenvalue weighted by molar-refractivity contribution is 5.20. The van der Waals surface area contributed by atoms with Crippen LogP contribution in [0.4, 0.5) is 8.78 Å². The van der Waals surface area contributed by atoms with E-state index in [-0.39, 0.29) is 5.41 Å². The number of halogens is 2. The summed E-state index contributed by atoms with van der Waals surface area (Å²) in [6.45, 7) is 0.950. The normalized spacial score (nSPS) is 18.5. The van der Waals surface area contributed by atoms with Crippen molar-refractivity contribution in [3.05, 3.63) is 35.4 Å². The van der Waals surface area contributed by atoms with Crippen LogP contribution in [0.2, 0.25) is 0 Å². The lowest BCUT2D eigenvalue weighted by Crippen LogP contribution is -2.32. The fraction of sp³-hybridized carbons (Fsp3) is 0.571. The standard InChI is InChI=1S/C14H19F2N/c1-17-10-14(6-2-3-7-14)9-11-4-5-12(15)13(16)8-11/h4-5,8,17H,2-3,6-7,9-10H2,1H3. The van der Waals surface area contributed by atoms with Crippen molar-refractivity contribution in [3.63, 3.8) is 0 Å². The van der Waals surface area contributed by atoms with Crippen LogP contribution in [0, 0.1) is 17.0 Å². The molecule has 0 unspecified atom stereocenters.